The van der Waals surface area contributed by atoms with Gasteiger partial charge in [0.05, 0.1) is 5.75 Å². The SMILES string of the molecule is CN(Cc1ccccc1Br)C(=O)c1ccc(CS(C)(=O)=O)cc1. The molecule has 2 aromatic rings. The number of rotatable bonds is 5. The molecule has 0 N–H and O–H groups in total. The molecule has 2 rings (SSSR count). The summed E-state index contributed by atoms with van der Waals surface area (Å²) >= 11 is 3.47. The monoisotopic (exact) mass is 395 g/mol. The molecule has 0 saturated heterocycles. The predicted octanol–water partition coefficient (Wildman–Crippen LogP) is 3.27. The smallest absolute Gasteiger partial charge is 0.253 e. The lowest BCUT2D eigenvalue weighted by Gasteiger charge is -2.18. The Morgan fingerprint density at radius 2 is 1.70 bits per heavy atom. The van der Waals surface area contributed by atoms with Gasteiger partial charge in [0.2, 0.25) is 0 Å². The summed E-state index contributed by atoms with van der Waals surface area (Å²) in [6, 6.07) is 14.4. The van der Waals surface area contributed by atoms with Crippen molar-refractivity contribution in [3.8, 4) is 0 Å². The van der Waals surface area contributed by atoms with Crippen LogP contribution in [0.5, 0.6) is 0 Å². The van der Waals surface area contributed by atoms with Crippen LogP contribution in [0.15, 0.2) is 53.0 Å². The van der Waals surface area contributed by atoms with Crippen molar-refractivity contribution in [3.63, 3.8) is 0 Å². The van der Waals surface area contributed by atoms with E-state index in [1.54, 1.807) is 36.2 Å². The Balaban J connectivity index is 2.09. The number of halogens is 1. The lowest BCUT2D eigenvalue weighted by Crippen LogP contribution is -2.26. The van der Waals surface area contributed by atoms with Gasteiger partial charge in [0.15, 0.2) is 9.84 Å². The highest BCUT2D eigenvalue weighted by Crippen LogP contribution is 2.18. The van der Waals surface area contributed by atoms with E-state index in [0.29, 0.717) is 17.7 Å². The average molecular weight is 396 g/mol. The molecule has 0 saturated carbocycles. The second kappa shape index (κ2) is 7.27. The zero-order valence-corrected chi connectivity index (χ0v) is 15.4. The summed E-state index contributed by atoms with van der Waals surface area (Å²) in [5, 5.41) is 0. The van der Waals surface area contributed by atoms with Crippen LogP contribution in [0.2, 0.25) is 0 Å². The lowest BCUT2D eigenvalue weighted by molar-refractivity contribution is 0.0785. The maximum atomic E-state index is 12.4. The summed E-state index contributed by atoms with van der Waals surface area (Å²) in [7, 11) is -1.33. The quantitative estimate of drug-likeness (QED) is 0.780. The largest absolute Gasteiger partial charge is 0.337 e. The van der Waals surface area contributed by atoms with E-state index in [9.17, 15) is 13.2 Å². The summed E-state index contributed by atoms with van der Waals surface area (Å²) in [5.74, 6) is -0.125. The summed E-state index contributed by atoms with van der Waals surface area (Å²) in [4.78, 5) is 14.1. The molecule has 4 nitrogen and oxygen atoms in total. The van der Waals surface area contributed by atoms with Gasteiger partial charge in [-0.15, -0.1) is 0 Å². The third kappa shape index (κ3) is 5.18. The van der Waals surface area contributed by atoms with Crippen LogP contribution in [0, 0.1) is 0 Å². The Labute approximate surface area is 145 Å². The highest BCUT2D eigenvalue weighted by atomic mass is 79.9. The predicted molar refractivity (Wildman–Crippen MR) is 94.9 cm³/mol. The number of amides is 1. The number of hydrogen-bond donors (Lipinski definition) is 0. The number of carbonyl (C=O) groups is 1. The third-order valence-corrected chi connectivity index (χ3v) is 4.97. The Kier molecular flexibility index (Phi) is 5.59. The van der Waals surface area contributed by atoms with Crippen LogP contribution in [0.25, 0.3) is 0 Å². The standard InChI is InChI=1S/C17H18BrNO3S/c1-19(11-15-5-3-4-6-16(15)18)17(20)14-9-7-13(8-10-14)12-23(2,21)22/h3-10H,11-12H2,1-2H3. The Morgan fingerprint density at radius 1 is 1.09 bits per heavy atom. The summed E-state index contributed by atoms with van der Waals surface area (Å²) in [5.41, 5.74) is 2.24. The highest BCUT2D eigenvalue weighted by Gasteiger charge is 2.13. The van der Waals surface area contributed by atoms with E-state index in [-0.39, 0.29) is 11.7 Å². The number of hydrogen-bond acceptors (Lipinski definition) is 3. The van der Waals surface area contributed by atoms with E-state index in [1.165, 1.54) is 6.26 Å². The van der Waals surface area contributed by atoms with Crippen molar-refractivity contribution in [2.75, 3.05) is 13.3 Å². The molecule has 0 fully saturated rings. The van der Waals surface area contributed by atoms with Gasteiger partial charge in [-0.2, -0.15) is 0 Å². The molecule has 2 aromatic carbocycles. The third-order valence-electron chi connectivity index (χ3n) is 3.34. The summed E-state index contributed by atoms with van der Waals surface area (Å²) < 4.78 is 23.5. The molecule has 1 amide bonds. The molecule has 0 radical (unpaired) electrons. The molecule has 0 atom stereocenters. The minimum Gasteiger partial charge on any atom is -0.337 e. The highest BCUT2D eigenvalue weighted by molar-refractivity contribution is 9.10. The van der Waals surface area contributed by atoms with E-state index in [0.717, 1.165) is 10.0 Å². The fourth-order valence-corrected chi connectivity index (χ4v) is 3.43. The topological polar surface area (TPSA) is 54.5 Å². The molecule has 0 aliphatic carbocycles. The first-order valence-electron chi connectivity index (χ1n) is 7.02. The number of sulfone groups is 1. The van der Waals surface area contributed by atoms with E-state index < -0.39 is 9.84 Å². The van der Waals surface area contributed by atoms with Crippen LogP contribution in [-0.4, -0.2) is 32.5 Å². The van der Waals surface area contributed by atoms with E-state index >= 15 is 0 Å². The van der Waals surface area contributed by atoms with Gasteiger partial charge in [-0.25, -0.2) is 8.42 Å². The molecule has 0 heterocycles. The lowest BCUT2D eigenvalue weighted by atomic mass is 10.1. The number of benzene rings is 2. The Morgan fingerprint density at radius 3 is 2.26 bits per heavy atom. The van der Waals surface area contributed by atoms with Gasteiger partial charge in [-0.05, 0) is 29.3 Å². The van der Waals surface area contributed by atoms with E-state index in [4.69, 9.17) is 0 Å². The maximum absolute atomic E-state index is 12.4. The fourth-order valence-electron chi connectivity index (χ4n) is 2.22. The molecular formula is C17H18BrNO3S. The molecule has 23 heavy (non-hydrogen) atoms. The molecule has 0 bridgehead atoms. The van der Waals surface area contributed by atoms with Crippen molar-refractivity contribution in [3.05, 3.63) is 69.7 Å². The second-order valence-electron chi connectivity index (χ2n) is 5.52. The first kappa shape index (κ1) is 17.7. The van der Waals surface area contributed by atoms with Crippen LogP contribution in [0.3, 0.4) is 0 Å². The Bertz CT molecular complexity index is 801. The zero-order valence-electron chi connectivity index (χ0n) is 13.0. The van der Waals surface area contributed by atoms with Gasteiger partial charge in [0.1, 0.15) is 0 Å². The maximum Gasteiger partial charge on any atom is 0.253 e. The van der Waals surface area contributed by atoms with E-state index in [1.807, 2.05) is 24.3 Å². The van der Waals surface area contributed by atoms with Crippen LogP contribution >= 0.6 is 15.9 Å². The van der Waals surface area contributed by atoms with Gasteiger partial charge in [-0.3, -0.25) is 4.79 Å². The molecule has 0 aliphatic rings. The van der Waals surface area contributed by atoms with Crippen LogP contribution in [-0.2, 0) is 22.1 Å². The normalized spacial score (nSPS) is 11.3. The van der Waals surface area contributed by atoms with Crippen LogP contribution in [0.4, 0.5) is 0 Å². The van der Waals surface area contributed by atoms with Gasteiger partial charge in [-0.1, -0.05) is 46.3 Å². The summed E-state index contributed by atoms with van der Waals surface area (Å²) in [6.45, 7) is 0.491. The number of nitrogens with zero attached hydrogens (tertiary/aromatic N) is 1. The minimum absolute atomic E-state index is 0.0196. The van der Waals surface area contributed by atoms with Crippen molar-refractivity contribution in [1.82, 2.24) is 4.90 Å². The van der Waals surface area contributed by atoms with Crippen molar-refractivity contribution < 1.29 is 13.2 Å². The molecular weight excluding hydrogens is 378 g/mol. The number of carbonyl (C=O) groups excluding carboxylic acids is 1. The average Bonchev–Trinajstić information content (AvgIpc) is 2.48. The van der Waals surface area contributed by atoms with E-state index in [2.05, 4.69) is 15.9 Å². The van der Waals surface area contributed by atoms with Crippen LogP contribution in [0.1, 0.15) is 21.5 Å². The molecule has 0 aromatic heterocycles. The molecule has 0 unspecified atom stereocenters. The minimum atomic E-state index is -3.07. The Hall–Kier alpha value is -1.66. The van der Waals surface area contributed by atoms with Gasteiger partial charge < -0.3 is 4.90 Å². The van der Waals surface area contributed by atoms with Gasteiger partial charge in [0.25, 0.3) is 5.91 Å². The van der Waals surface area contributed by atoms with Crippen LogP contribution < -0.4 is 0 Å². The molecule has 6 heteroatoms. The first-order valence-corrected chi connectivity index (χ1v) is 9.87. The first-order chi connectivity index (χ1) is 10.8. The zero-order chi connectivity index (χ0) is 17.0. The van der Waals surface area contributed by atoms with Crippen molar-refractivity contribution in [2.24, 2.45) is 0 Å². The fraction of sp³-hybridized carbons (Fsp3) is 0.235. The van der Waals surface area contributed by atoms with Crippen molar-refractivity contribution in [1.29, 1.82) is 0 Å². The molecule has 122 valence electrons. The molecule has 0 aliphatic heterocycles. The summed E-state index contributed by atoms with van der Waals surface area (Å²) in [6.07, 6.45) is 1.19. The van der Waals surface area contributed by atoms with Crippen molar-refractivity contribution in [2.45, 2.75) is 12.3 Å². The van der Waals surface area contributed by atoms with Gasteiger partial charge in [0, 0.05) is 29.9 Å². The van der Waals surface area contributed by atoms with Crippen molar-refractivity contribution >= 4 is 31.7 Å². The van der Waals surface area contributed by atoms with Gasteiger partial charge >= 0.3 is 0 Å². The second-order valence-corrected chi connectivity index (χ2v) is 8.51. The molecule has 0 spiro atoms.